The smallest absolute Gasteiger partial charge is 0.271 e. The number of hydrazone groups is 1. The summed E-state index contributed by atoms with van der Waals surface area (Å²) in [5.74, 6) is 0.812. The Kier molecular flexibility index (Phi) is 8.36. The van der Waals surface area contributed by atoms with Crippen molar-refractivity contribution < 1.29 is 19.2 Å². The van der Waals surface area contributed by atoms with E-state index in [1.54, 1.807) is 36.5 Å². The minimum atomic E-state index is -0.440. The summed E-state index contributed by atoms with van der Waals surface area (Å²) in [6, 6.07) is 17.1. The third-order valence-corrected chi connectivity index (χ3v) is 5.32. The van der Waals surface area contributed by atoms with E-state index >= 15 is 0 Å². The molecule has 0 atom stereocenters. The van der Waals surface area contributed by atoms with Crippen LogP contribution in [0.1, 0.15) is 34.0 Å². The average Bonchev–Trinajstić information content (AvgIpc) is 2.79. The van der Waals surface area contributed by atoms with Gasteiger partial charge in [-0.05, 0) is 84.0 Å². The van der Waals surface area contributed by atoms with Gasteiger partial charge in [0.15, 0.2) is 11.5 Å². The van der Waals surface area contributed by atoms with Crippen LogP contribution in [0.4, 0.5) is 5.69 Å². The first-order chi connectivity index (χ1) is 15.9. The monoisotopic (exact) mass is 559 g/mol. The number of nitro groups is 1. The number of halogens is 1. The molecule has 170 valence electrons. The predicted octanol–water partition coefficient (Wildman–Crippen LogP) is 5.25. The fourth-order valence-corrected chi connectivity index (χ4v) is 3.73. The molecule has 0 bridgehead atoms. The van der Waals surface area contributed by atoms with E-state index in [1.165, 1.54) is 12.1 Å². The molecule has 9 heteroatoms. The maximum Gasteiger partial charge on any atom is 0.271 e. The number of rotatable bonds is 9. The van der Waals surface area contributed by atoms with E-state index in [1.807, 2.05) is 32.0 Å². The van der Waals surface area contributed by atoms with Gasteiger partial charge in [0.1, 0.15) is 6.61 Å². The highest BCUT2D eigenvalue weighted by atomic mass is 127. The lowest BCUT2D eigenvalue weighted by atomic mass is 10.1. The lowest BCUT2D eigenvalue weighted by molar-refractivity contribution is -0.384. The van der Waals surface area contributed by atoms with Gasteiger partial charge in [-0.15, -0.1) is 0 Å². The average molecular weight is 559 g/mol. The second-order valence-electron chi connectivity index (χ2n) is 7.04. The SMILES string of the molecule is CCOc1cc(/C=N/NC(=O)c2cccc(C)c2)cc(I)c1OCc1ccc([N+](=O)[O-])cc1. The van der Waals surface area contributed by atoms with Crippen molar-refractivity contribution in [3.8, 4) is 11.5 Å². The van der Waals surface area contributed by atoms with Crippen molar-refractivity contribution in [2.24, 2.45) is 5.10 Å². The molecular weight excluding hydrogens is 537 g/mol. The molecule has 1 amide bonds. The van der Waals surface area contributed by atoms with Crippen LogP contribution in [0.3, 0.4) is 0 Å². The summed E-state index contributed by atoms with van der Waals surface area (Å²) in [7, 11) is 0. The topological polar surface area (TPSA) is 103 Å². The molecular formula is C24H22IN3O5. The molecule has 0 aromatic heterocycles. The number of non-ortho nitro benzene ring substituents is 1. The molecule has 0 saturated carbocycles. The summed E-state index contributed by atoms with van der Waals surface area (Å²) >= 11 is 2.14. The number of hydrogen-bond donors (Lipinski definition) is 1. The van der Waals surface area contributed by atoms with Crippen LogP contribution in [0.5, 0.6) is 11.5 Å². The molecule has 1 N–H and O–H groups in total. The van der Waals surface area contributed by atoms with E-state index in [0.717, 1.165) is 20.3 Å². The van der Waals surface area contributed by atoms with Crippen molar-refractivity contribution in [2.45, 2.75) is 20.5 Å². The molecule has 3 aromatic rings. The van der Waals surface area contributed by atoms with Crippen LogP contribution in [0.25, 0.3) is 0 Å². The zero-order valence-corrected chi connectivity index (χ0v) is 20.2. The Balaban J connectivity index is 1.71. The van der Waals surface area contributed by atoms with Crippen LogP contribution in [-0.4, -0.2) is 23.7 Å². The Morgan fingerprint density at radius 3 is 2.58 bits per heavy atom. The molecule has 0 heterocycles. The van der Waals surface area contributed by atoms with Crippen molar-refractivity contribution in [1.82, 2.24) is 5.43 Å². The minimum absolute atomic E-state index is 0.0291. The number of nitrogens with one attached hydrogen (secondary N) is 1. The maximum atomic E-state index is 12.2. The lowest BCUT2D eigenvalue weighted by Gasteiger charge is -2.14. The molecule has 0 fully saturated rings. The molecule has 0 spiro atoms. The molecule has 0 aliphatic heterocycles. The van der Waals surface area contributed by atoms with E-state index in [9.17, 15) is 14.9 Å². The van der Waals surface area contributed by atoms with E-state index in [-0.39, 0.29) is 18.2 Å². The summed E-state index contributed by atoms with van der Waals surface area (Å²) in [6.07, 6.45) is 1.54. The van der Waals surface area contributed by atoms with Gasteiger partial charge in [0.05, 0.1) is 21.3 Å². The van der Waals surface area contributed by atoms with Crippen molar-refractivity contribution in [1.29, 1.82) is 0 Å². The third kappa shape index (κ3) is 6.75. The van der Waals surface area contributed by atoms with E-state index < -0.39 is 4.92 Å². The summed E-state index contributed by atoms with van der Waals surface area (Å²) in [4.78, 5) is 22.6. The number of carbonyl (C=O) groups excluding carboxylic acids is 1. The van der Waals surface area contributed by atoms with Crippen LogP contribution in [-0.2, 0) is 6.61 Å². The van der Waals surface area contributed by atoms with Gasteiger partial charge in [-0.3, -0.25) is 14.9 Å². The van der Waals surface area contributed by atoms with Gasteiger partial charge in [0.25, 0.3) is 11.6 Å². The van der Waals surface area contributed by atoms with Crippen molar-refractivity contribution >= 4 is 40.4 Å². The predicted molar refractivity (Wildman–Crippen MR) is 134 cm³/mol. The summed E-state index contributed by atoms with van der Waals surface area (Å²) in [5.41, 5.74) is 5.61. The van der Waals surface area contributed by atoms with Gasteiger partial charge < -0.3 is 9.47 Å². The van der Waals surface area contributed by atoms with Crippen LogP contribution < -0.4 is 14.9 Å². The molecule has 0 aliphatic rings. The Morgan fingerprint density at radius 1 is 1.15 bits per heavy atom. The summed E-state index contributed by atoms with van der Waals surface area (Å²) in [5, 5.41) is 14.9. The fourth-order valence-electron chi connectivity index (χ4n) is 2.95. The lowest BCUT2D eigenvalue weighted by Crippen LogP contribution is -2.17. The first-order valence-corrected chi connectivity index (χ1v) is 11.2. The Labute approximate surface area is 204 Å². The van der Waals surface area contributed by atoms with Gasteiger partial charge in [-0.2, -0.15) is 5.10 Å². The molecule has 0 aliphatic carbocycles. The van der Waals surface area contributed by atoms with Gasteiger partial charge in [0.2, 0.25) is 0 Å². The quantitative estimate of drug-likeness (QED) is 0.167. The van der Waals surface area contributed by atoms with Crippen LogP contribution in [0.2, 0.25) is 0 Å². The second-order valence-corrected chi connectivity index (χ2v) is 8.21. The van der Waals surface area contributed by atoms with E-state index in [0.29, 0.717) is 23.7 Å². The first-order valence-electron chi connectivity index (χ1n) is 10.1. The normalized spacial score (nSPS) is 10.8. The molecule has 3 aromatic carbocycles. The van der Waals surface area contributed by atoms with E-state index in [2.05, 4.69) is 33.1 Å². The summed E-state index contributed by atoms with van der Waals surface area (Å²) in [6.45, 7) is 4.46. The number of benzene rings is 3. The number of ether oxygens (including phenoxy) is 2. The molecule has 0 saturated heterocycles. The molecule has 8 nitrogen and oxygen atoms in total. The maximum absolute atomic E-state index is 12.2. The minimum Gasteiger partial charge on any atom is -0.490 e. The zero-order chi connectivity index (χ0) is 23.8. The molecule has 33 heavy (non-hydrogen) atoms. The van der Waals surface area contributed by atoms with Crippen LogP contribution in [0.15, 0.2) is 65.8 Å². The molecule has 3 rings (SSSR count). The number of carbonyl (C=O) groups is 1. The van der Waals surface area contributed by atoms with Gasteiger partial charge in [-0.1, -0.05) is 17.7 Å². The largest absolute Gasteiger partial charge is 0.490 e. The van der Waals surface area contributed by atoms with Crippen molar-refractivity contribution in [2.75, 3.05) is 6.61 Å². The van der Waals surface area contributed by atoms with Gasteiger partial charge in [-0.25, -0.2) is 5.43 Å². The Morgan fingerprint density at radius 2 is 1.91 bits per heavy atom. The van der Waals surface area contributed by atoms with E-state index in [4.69, 9.17) is 9.47 Å². The zero-order valence-electron chi connectivity index (χ0n) is 18.1. The first kappa shape index (κ1) is 24.2. The standard InChI is InChI=1S/C24H22IN3O5/c1-3-32-22-13-18(14-26-27-24(29)19-6-4-5-16(2)11-19)12-21(25)23(22)33-15-17-7-9-20(10-8-17)28(30)31/h4-14H,3,15H2,1-2H3,(H,27,29)/b26-14+. The summed E-state index contributed by atoms with van der Waals surface area (Å²) < 4.78 is 12.5. The number of nitro benzene ring substituents is 1. The van der Waals surface area contributed by atoms with Crippen LogP contribution >= 0.6 is 22.6 Å². The van der Waals surface area contributed by atoms with Crippen molar-refractivity contribution in [3.63, 3.8) is 0 Å². The Hall–Kier alpha value is -3.47. The number of nitrogens with zero attached hydrogens (tertiary/aromatic N) is 2. The number of hydrogen-bond acceptors (Lipinski definition) is 6. The molecule has 0 radical (unpaired) electrons. The number of aryl methyl sites for hydroxylation is 1. The second kappa shape index (κ2) is 11.4. The van der Waals surface area contributed by atoms with Gasteiger partial charge >= 0.3 is 0 Å². The highest BCUT2D eigenvalue weighted by Crippen LogP contribution is 2.34. The Bertz CT molecular complexity index is 1180. The fraction of sp³-hybridized carbons (Fsp3) is 0.167. The van der Waals surface area contributed by atoms with Crippen molar-refractivity contribution in [3.05, 3.63) is 96.6 Å². The highest BCUT2D eigenvalue weighted by Gasteiger charge is 2.13. The van der Waals surface area contributed by atoms with Crippen LogP contribution in [0, 0.1) is 20.6 Å². The third-order valence-electron chi connectivity index (χ3n) is 4.52. The van der Waals surface area contributed by atoms with Gasteiger partial charge in [0, 0.05) is 17.7 Å². The molecule has 0 unspecified atom stereocenters. The number of amides is 1. The highest BCUT2D eigenvalue weighted by molar-refractivity contribution is 14.1.